The fraction of sp³-hybridized carbons (Fsp3) is 0.500. The molecular weight excluding hydrogens is 324 g/mol. The van der Waals surface area contributed by atoms with E-state index in [1.807, 2.05) is 13.8 Å². The highest BCUT2D eigenvalue weighted by atomic mass is 16.5. The molecule has 0 aliphatic heterocycles. The molecular formula is C18H26N2O5. The zero-order chi connectivity index (χ0) is 19.2. The highest BCUT2D eigenvalue weighted by Crippen LogP contribution is 2.24. The molecule has 1 rings (SSSR count). The van der Waals surface area contributed by atoms with Gasteiger partial charge >= 0.3 is 11.9 Å². The summed E-state index contributed by atoms with van der Waals surface area (Å²) in [5, 5.41) is 9.83. The number of nitrogens with two attached hydrogens (primary N) is 1. The summed E-state index contributed by atoms with van der Waals surface area (Å²) in [5.74, 6) is -2.94. The van der Waals surface area contributed by atoms with Crippen LogP contribution in [0.5, 0.6) is 0 Å². The summed E-state index contributed by atoms with van der Waals surface area (Å²) in [6, 6.07) is 7.71. The van der Waals surface area contributed by atoms with E-state index in [1.165, 1.54) is 7.05 Å². The van der Waals surface area contributed by atoms with E-state index in [4.69, 9.17) is 10.5 Å². The summed E-state index contributed by atoms with van der Waals surface area (Å²) in [6.45, 7) is 3.81. The van der Waals surface area contributed by atoms with Gasteiger partial charge in [0.1, 0.15) is 0 Å². The lowest BCUT2D eigenvalue weighted by atomic mass is 9.88. The first kappa shape index (κ1) is 20.6. The molecule has 0 heterocycles. The number of aliphatic carboxylic acids is 1. The van der Waals surface area contributed by atoms with Gasteiger partial charge in [0.2, 0.25) is 11.4 Å². The third-order valence-corrected chi connectivity index (χ3v) is 4.13. The van der Waals surface area contributed by atoms with Gasteiger partial charge < -0.3 is 20.5 Å². The molecule has 0 unspecified atom stereocenters. The zero-order valence-corrected chi connectivity index (χ0v) is 15.1. The van der Waals surface area contributed by atoms with Crippen LogP contribution in [0.4, 0.5) is 0 Å². The molecule has 0 spiro atoms. The number of rotatable bonds is 8. The lowest BCUT2D eigenvalue weighted by Gasteiger charge is -2.37. The van der Waals surface area contributed by atoms with Crippen LogP contribution in [0, 0.1) is 5.92 Å². The van der Waals surface area contributed by atoms with Gasteiger partial charge in [-0.05, 0) is 17.9 Å². The Balaban J connectivity index is 3.31. The van der Waals surface area contributed by atoms with Gasteiger partial charge in [-0.1, -0.05) is 44.2 Å². The largest absolute Gasteiger partial charge is 0.479 e. The normalized spacial score (nSPS) is 14.5. The van der Waals surface area contributed by atoms with Crippen LogP contribution in [-0.4, -0.2) is 53.6 Å². The molecule has 0 radical (unpaired) electrons. The number of methoxy groups -OCH3 is 1. The molecule has 0 aliphatic carbocycles. The summed E-state index contributed by atoms with van der Waals surface area (Å²) >= 11 is 0. The Bertz CT molecular complexity index is 617. The molecule has 7 heteroatoms. The van der Waals surface area contributed by atoms with Crippen LogP contribution in [0.3, 0.4) is 0 Å². The number of carboxylic acids is 1. The van der Waals surface area contributed by atoms with E-state index in [-0.39, 0.29) is 12.3 Å². The fourth-order valence-corrected chi connectivity index (χ4v) is 2.74. The van der Waals surface area contributed by atoms with E-state index in [0.29, 0.717) is 12.0 Å². The number of nitrogens with zero attached hydrogens (tertiary/aromatic N) is 1. The predicted octanol–water partition coefficient (Wildman–Crippen LogP) is 1.06. The Morgan fingerprint density at radius 3 is 2.24 bits per heavy atom. The molecule has 0 saturated carbocycles. The Kier molecular flexibility index (Phi) is 7.11. The molecule has 0 saturated heterocycles. The van der Waals surface area contributed by atoms with Crippen molar-refractivity contribution in [1.29, 1.82) is 0 Å². The third-order valence-electron chi connectivity index (χ3n) is 4.13. The minimum atomic E-state index is -2.18. The number of carboxylic acid groups (broad SMARTS) is 1. The van der Waals surface area contributed by atoms with Gasteiger partial charge in [0.25, 0.3) is 0 Å². The van der Waals surface area contributed by atoms with Crippen LogP contribution in [0.2, 0.25) is 0 Å². The number of carbonyl (C=O) groups excluding carboxylic acids is 2. The highest BCUT2D eigenvalue weighted by Gasteiger charge is 2.53. The molecule has 138 valence electrons. The minimum Gasteiger partial charge on any atom is -0.479 e. The number of benzene rings is 1. The van der Waals surface area contributed by atoms with Crippen LogP contribution in [-0.2, 0) is 25.5 Å². The third kappa shape index (κ3) is 4.57. The molecule has 2 atom stereocenters. The van der Waals surface area contributed by atoms with Crippen molar-refractivity contribution >= 4 is 17.8 Å². The highest BCUT2D eigenvalue weighted by molar-refractivity contribution is 6.07. The Labute approximate surface area is 147 Å². The summed E-state index contributed by atoms with van der Waals surface area (Å²) in [5.41, 5.74) is 4.33. The van der Waals surface area contributed by atoms with Crippen LogP contribution in [0.1, 0.15) is 25.8 Å². The van der Waals surface area contributed by atoms with Crippen LogP contribution in [0.25, 0.3) is 0 Å². The average Bonchev–Trinajstić information content (AvgIpc) is 2.57. The maximum absolute atomic E-state index is 12.7. The van der Waals surface area contributed by atoms with Gasteiger partial charge in [0.15, 0.2) is 0 Å². The number of amides is 1. The van der Waals surface area contributed by atoms with Crippen molar-refractivity contribution in [1.82, 2.24) is 4.90 Å². The second-order valence-electron chi connectivity index (χ2n) is 6.45. The molecule has 1 amide bonds. The molecule has 7 nitrogen and oxygen atoms in total. The van der Waals surface area contributed by atoms with E-state index in [2.05, 4.69) is 0 Å². The lowest BCUT2D eigenvalue weighted by molar-refractivity contribution is -0.173. The molecule has 3 N–H and O–H groups in total. The molecule has 0 fully saturated rings. The molecule has 0 bridgehead atoms. The van der Waals surface area contributed by atoms with Gasteiger partial charge in [-0.2, -0.15) is 0 Å². The van der Waals surface area contributed by atoms with Crippen molar-refractivity contribution < 1.29 is 24.2 Å². The quantitative estimate of drug-likeness (QED) is 0.536. The standard InChI is InChI=1S/C18H26N2O5/c1-12(2)10-14(19)15(21)20(3)18(16(22)23,17(24)25-4)11-13-8-6-5-7-9-13/h5-9,12,14H,10-11,19H2,1-4H3,(H,22,23)/t14-,18-/m0/s1. The SMILES string of the molecule is COC(=O)[C@](Cc1ccccc1)(C(=O)O)N(C)C(=O)[C@@H](N)CC(C)C. The van der Waals surface area contributed by atoms with Crippen LogP contribution >= 0.6 is 0 Å². The first-order valence-electron chi connectivity index (χ1n) is 8.05. The number of likely N-dealkylation sites (N-methyl/N-ethyl adjacent to an activating group) is 1. The second kappa shape index (κ2) is 8.62. The topological polar surface area (TPSA) is 110 Å². The van der Waals surface area contributed by atoms with E-state index < -0.39 is 29.4 Å². The van der Waals surface area contributed by atoms with Crippen LogP contribution in [0.15, 0.2) is 30.3 Å². The Morgan fingerprint density at radius 2 is 1.80 bits per heavy atom. The zero-order valence-electron chi connectivity index (χ0n) is 15.1. The molecule has 1 aromatic rings. The monoisotopic (exact) mass is 350 g/mol. The van der Waals surface area contributed by atoms with Gasteiger partial charge in [0.05, 0.1) is 13.2 Å². The number of ether oxygens (including phenoxy) is 1. The number of carbonyl (C=O) groups is 3. The maximum atomic E-state index is 12.7. The van der Waals surface area contributed by atoms with E-state index in [9.17, 15) is 19.5 Å². The summed E-state index contributed by atoms with van der Waals surface area (Å²) in [6.07, 6.45) is 0.165. The van der Waals surface area contributed by atoms with Crippen molar-refractivity contribution in [3.8, 4) is 0 Å². The lowest BCUT2D eigenvalue weighted by Crippen LogP contribution is -2.64. The first-order chi connectivity index (χ1) is 11.7. The van der Waals surface area contributed by atoms with Crippen molar-refractivity contribution in [2.75, 3.05) is 14.2 Å². The van der Waals surface area contributed by atoms with Crippen LogP contribution < -0.4 is 5.73 Å². The number of hydrogen-bond donors (Lipinski definition) is 2. The van der Waals surface area contributed by atoms with Gasteiger partial charge in [-0.15, -0.1) is 0 Å². The second-order valence-corrected chi connectivity index (χ2v) is 6.45. The average molecular weight is 350 g/mol. The van der Waals surface area contributed by atoms with E-state index in [0.717, 1.165) is 12.0 Å². The van der Waals surface area contributed by atoms with Gasteiger partial charge in [0, 0.05) is 13.5 Å². The van der Waals surface area contributed by atoms with Crippen molar-refractivity contribution in [3.05, 3.63) is 35.9 Å². The molecule has 1 aromatic carbocycles. The molecule has 0 aromatic heterocycles. The summed E-state index contributed by atoms with van der Waals surface area (Å²) in [7, 11) is 2.37. The smallest absolute Gasteiger partial charge is 0.343 e. The summed E-state index contributed by atoms with van der Waals surface area (Å²) in [4.78, 5) is 38.1. The summed E-state index contributed by atoms with van der Waals surface area (Å²) < 4.78 is 4.73. The Hall–Kier alpha value is -2.41. The van der Waals surface area contributed by atoms with Crippen molar-refractivity contribution in [3.63, 3.8) is 0 Å². The van der Waals surface area contributed by atoms with E-state index >= 15 is 0 Å². The Morgan fingerprint density at radius 1 is 1.24 bits per heavy atom. The fourth-order valence-electron chi connectivity index (χ4n) is 2.74. The molecule has 0 aliphatic rings. The van der Waals surface area contributed by atoms with Crippen molar-refractivity contribution in [2.24, 2.45) is 11.7 Å². The van der Waals surface area contributed by atoms with Gasteiger partial charge in [-0.25, -0.2) is 9.59 Å². The van der Waals surface area contributed by atoms with Gasteiger partial charge in [-0.3, -0.25) is 4.79 Å². The van der Waals surface area contributed by atoms with E-state index in [1.54, 1.807) is 30.3 Å². The predicted molar refractivity (Wildman–Crippen MR) is 92.7 cm³/mol. The number of hydrogen-bond acceptors (Lipinski definition) is 5. The first-order valence-corrected chi connectivity index (χ1v) is 8.05. The minimum absolute atomic E-state index is 0.152. The maximum Gasteiger partial charge on any atom is 0.343 e. The van der Waals surface area contributed by atoms with Crippen molar-refractivity contribution in [2.45, 2.75) is 38.3 Å². The number of esters is 1. The molecule has 25 heavy (non-hydrogen) atoms.